The average molecular weight is 429 g/mol. The highest BCUT2D eigenvalue weighted by Crippen LogP contribution is 2.39. The fraction of sp³-hybridized carbons (Fsp3) is 0.593. The van der Waals surface area contributed by atoms with Crippen molar-refractivity contribution in [3.8, 4) is 11.5 Å². The second kappa shape index (κ2) is 11.0. The number of aromatic hydroxyl groups is 1. The Hall–Kier alpha value is -2.07. The number of carbonyl (C=O) groups excluding carboxylic acids is 1. The number of rotatable bonds is 10. The molecule has 1 aliphatic heterocycles. The van der Waals surface area contributed by atoms with Crippen LogP contribution in [0, 0.1) is 12.8 Å². The summed E-state index contributed by atoms with van der Waals surface area (Å²) in [6.07, 6.45) is 9.43. The quantitative estimate of drug-likeness (QED) is 0.435. The zero-order valence-corrected chi connectivity index (χ0v) is 20.1. The van der Waals surface area contributed by atoms with Crippen LogP contribution in [-0.2, 0) is 11.2 Å². The van der Waals surface area contributed by atoms with Gasteiger partial charge in [0.25, 0.3) is 0 Å². The topological polar surface area (TPSA) is 66.8 Å². The van der Waals surface area contributed by atoms with E-state index in [1.807, 2.05) is 33.8 Å². The molecule has 0 aromatic heterocycles. The van der Waals surface area contributed by atoms with Crippen molar-refractivity contribution < 1.29 is 19.7 Å². The van der Waals surface area contributed by atoms with Crippen LogP contribution in [0.25, 0.3) is 0 Å². The van der Waals surface area contributed by atoms with E-state index < -0.39 is 6.10 Å². The zero-order chi connectivity index (χ0) is 23.2. The highest BCUT2D eigenvalue weighted by molar-refractivity contribution is 5.86. The van der Waals surface area contributed by atoms with E-state index in [1.54, 1.807) is 12.1 Å². The predicted octanol–water partition coefficient (Wildman–Crippen LogP) is 6.21. The summed E-state index contributed by atoms with van der Waals surface area (Å²) in [5, 5.41) is 19.8. The Kier molecular flexibility index (Phi) is 8.93. The van der Waals surface area contributed by atoms with Gasteiger partial charge in [0.2, 0.25) is 0 Å². The number of ketones is 1. The molecule has 1 aromatic rings. The van der Waals surface area contributed by atoms with Gasteiger partial charge in [-0.1, -0.05) is 30.2 Å². The number of allylic oxidation sites excluding steroid dienone is 3. The molecule has 0 spiro atoms. The fourth-order valence-corrected chi connectivity index (χ4v) is 4.28. The van der Waals surface area contributed by atoms with E-state index in [0.29, 0.717) is 5.75 Å². The van der Waals surface area contributed by atoms with Crippen molar-refractivity contribution in [3.63, 3.8) is 0 Å². The van der Waals surface area contributed by atoms with Gasteiger partial charge in [0.1, 0.15) is 23.2 Å². The maximum absolute atomic E-state index is 12.2. The number of aryl methyl sites for hydroxylation is 2. The number of ether oxygens (including phenoxy) is 1. The second-order valence-electron chi connectivity index (χ2n) is 9.78. The minimum atomic E-state index is -0.981. The molecule has 31 heavy (non-hydrogen) atoms. The molecule has 2 N–H and O–H groups in total. The number of hydrogen-bond acceptors (Lipinski definition) is 4. The number of fused-ring (bicyclic) bond motifs is 1. The Morgan fingerprint density at radius 2 is 2.00 bits per heavy atom. The van der Waals surface area contributed by atoms with Gasteiger partial charge in [0.05, 0.1) is 0 Å². The number of aliphatic hydroxyl groups excluding tert-OH is 1. The highest BCUT2D eigenvalue weighted by Gasteiger charge is 2.32. The Balaban J connectivity index is 1.79. The lowest BCUT2D eigenvalue weighted by molar-refractivity contribution is -0.128. The molecule has 3 atom stereocenters. The van der Waals surface area contributed by atoms with E-state index in [0.717, 1.165) is 67.4 Å². The minimum Gasteiger partial charge on any atom is -0.508 e. The van der Waals surface area contributed by atoms with Gasteiger partial charge in [-0.05, 0) is 103 Å². The monoisotopic (exact) mass is 428 g/mol. The van der Waals surface area contributed by atoms with Crippen molar-refractivity contribution in [1.82, 2.24) is 0 Å². The molecule has 4 nitrogen and oxygen atoms in total. The van der Waals surface area contributed by atoms with E-state index >= 15 is 0 Å². The van der Waals surface area contributed by atoms with E-state index in [-0.39, 0.29) is 17.3 Å². The number of Topliss-reactive ketones (excluding diaryl/α,β-unsaturated/α-hetero) is 1. The lowest BCUT2D eigenvalue weighted by Crippen LogP contribution is -2.36. The van der Waals surface area contributed by atoms with Gasteiger partial charge >= 0.3 is 0 Å². The van der Waals surface area contributed by atoms with E-state index in [9.17, 15) is 15.0 Å². The van der Waals surface area contributed by atoms with Crippen LogP contribution in [0.5, 0.6) is 11.5 Å². The average Bonchev–Trinajstić information content (AvgIpc) is 2.67. The van der Waals surface area contributed by atoms with Crippen molar-refractivity contribution in [2.24, 2.45) is 5.92 Å². The molecule has 0 saturated heterocycles. The third kappa shape index (κ3) is 7.53. The Morgan fingerprint density at radius 1 is 1.29 bits per heavy atom. The number of hydrogen-bond donors (Lipinski definition) is 2. The van der Waals surface area contributed by atoms with Crippen molar-refractivity contribution >= 4 is 5.78 Å². The summed E-state index contributed by atoms with van der Waals surface area (Å²) in [6.45, 7) is 12.0. The van der Waals surface area contributed by atoms with Gasteiger partial charge in [-0.3, -0.25) is 4.79 Å². The summed E-state index contributed by atoms with van der Waals surface area (Å²) < 4.78 is 6.37. The van der Waals surface area contributed by atoms with Crippen LogP contribution >= 0.6 is 0 Å². The molecular weight excluding hydrogens is 388 g/mol. The van der Waals surface area contributed by atoms with E-state index in [4.69, 9.17) is 4.74 Å². The standard InChI is InChI=1S/C27H40O4/c1-18(2)15-24(29)25(30)20(4)11-7-9-19(3)10-8-13-27(6)14-12-22-17-23(28)16-21(5)26(22)31-27/h10,15-17,20,24,28-29H,7-9,11-14H2,1-6H3/b19-10+/t20-,24+,27+/m0/s1. The molecule has 0 bridgehead atoms. The van der Waals surface area contributed by atoms with Gasteiger partial charge < -0.3 is 14.9 Å². The maximum Gasteiger partial charge on any atom is 0.167 e. The summed E-state index contributed by atoms with van der Waals surface area (Å²) >= 11 is 0. The number of aliphatic hydroxyl groups is 1. The smallest absolute Gasteiger partial charge is 0.167 e. The lowest BCUT2D eigenvalue weighted by Gasteiger charge is -2.36. The first-order chi connectivity index (χ1) is 14.5. The second-order valence-corrected chi connectivity index (χ2v) is 9.78. The van der Waals surface area contributed by atoms with Crippen LogP contribution in [0.2, 0.25) is 0 Å². The molecule has 1 aliphatic rings. The number of benzene rings is 1. The van der Waals surface area contributed by atoms with Crippen LogP contribution in [-0.4, -0.2) is 27.7 Å². The maximum atomic E-state index is 12.2. The van der Waals surface area contributed by atoms with Crippen LogP contribution in [0.1, 0.15) is 84.3 Å². The Morgan fingerprint density at radius 3 is 2.68 bits per heavy atom. The molecular formula is C27H40O4. The molecule has 4 heteroatoms. The molecule has 1 heterocycles. The van der Waals surface area contributed by atoms with Gasteiger partial charge in [0.15, 0.2) is 5.78 Å². The van der Waals surface area contributed by atoms with E-state index in [2.05, 4.69) is 19.9 Å². The van der Waals surface area contributed by atoms with Crippen LogP contribution in [0.15, 0.2) is 35.4 Å². The predicted molar refractivity (Wildman–Crippen MR) is 127 cm³/mol. The molecule has 0 saturated carbocycles. The summed E-state index contributed by atoms with van der Waals surface area (Å²) in [7, 11) is 0. The van der Waals surface area contributed by atoms with Gasteiger partial charge in [-0.2, -0.15) is 0 Å². The third-order valence-electron chi connectivity index (χ3n) is 6.25. The molecule has 0 radical (unpaired) electrons. The lowest BCUT2D eigenvalue weighted by atomic mass is 9.87. The molecule has 2 rings (SSSR count). The molecule has 172 valence electrons. The van der Waals surface area contributed by atoms with Crippen LogP contribution in [0.4, 0.5) is 0 Å². The van der Waals surface area contributed by atoms with Crippen LogP contribution < -0.4 is 4.74 Å². The first kappa shape index (κ1) is 25.2. The molecule has 0 fully saturated rings. The normalized spacial score (nSPS) is 20.4. The van der Waals surface area contributed by atoms with Gasteiger partial charge in [-0.25, -0.2) is 0 Å². The van der Waals surface area contributed by atoms with Gasteiger partial charge in [0, 0.05) is 5.92 Å². The molecule has 0 amide bonds. The molecule has 1 aromatic carbocycles. The van der Waals surface area contributed by atoms with Crippen molar-refractivity contribution in [1.29, 1.82) is 0 Å². The molecule has 0 aliphatic carbocycles. The molecule has 0 unspecified atom stereocenters. The summed E-state index contributed by atoms with van der Waals surface area (Å²) in [5.74, 6) is 1.02. The Bertz CT molecular complexity index is 832. The van der Waals surface area contributed by atoms with E-state index in [1.165, 1.54) is 5.57 Å². The van der Waals surface area contributed by atoms with Crippen molar-refractivity contribution in [2.75, 3.05) is 0 Å². The fourth-order valence-electron chi connectivity index (χ4n) is 4.28. The van der Waals surface area contributed by atoms with Crippen molar-refractivity contribution in [2.45, 2.75) is 98.2 Å². The van der Waals surface area contributed by atoms with Gasteiger partial charge in [-0.15, -0.1) is 0 Å². The summed E-state index contributed by atoms with van der Waals surface area (Å²) in [4.78, 5) is 12.2. The summed E-state index contributed by atoms with van der Waals surface area (Å²) in [6, 6.07) is 3.58. The minimum absolute atomic E-state index is 0.0888. The number of phenols is 1. The number of phenolic OH excluding ortho intramolecular Hbond substituents is 1. The Labute approximate surface area is 188 Å². The highest BCUT2D eigenvalue weighted by atomic mass is 16.5. The summed E-state index contributed by atoms with van der Waals surface area (Å²) in [5.41, 5.74) is 4.20. The SMILES string of the molecule is CC(C)=C[C@@H](O)C(=O)[C@@H](C)CCC/C(C)=C/CC[C@]1(C)CCc2cc(O)cc(C)c2O1. The largest absolute Gasteiger partial charge is 0.508 e. The first-order valence-electron chi connectivity index (χ1n) is 11.5. The third-order valence-corrected chi connectivity index (χ3v) is 6.25. The van der Waals surface area contributed by atoms with Crippen molar-refractivity contribution in [3.05, 3.63) is 46.6 Å². The number of carbonyl (C=O) groups is 1. The first-order valence-corrected chi connectivity index (χ1v) is 11.5. The van der Waals surface area contributed by atoms with Crippen LogP contribution in [0.3, 0.4) is 0 Å². The zero-order valence-electron chi connectivity index (χ0n) is 20.1.